The Hall–Kier alpha value is -2.68. The van der Waals surface area contributed by atoms with Crippen LogP contribution in [0.1, 0.15) is 0 Å². The van der Waals surface area contributed by atoms with Crippen molar-refractivity contribution in [2.24, 2.45) is 0 Å². The second-order valence-electron chi connectivity index (χ2n) is 5.14. The first-order chi connectivity index (χ1) is 12.4. The van der Waals surface area contributed by atoms with Gasteiger partial charge in [-0.1, -0.05) is 0 Å². The van der Waals surface area contributed by atoms with E-state index in [1.807, 2.05) is 0 Å². The first-order valence-electron chi connectivity index (χ1n) is 7.57. The lowest BCUT2D eigenvalue weighted by Gasteiger charge is -2.15. The van der Waals surface area contributed by atoms with E-state index in [1.165, 1.54) is 57.7 Å². The zero-order valence-corrected chi connectivity index (χ0v) is 15.4. The molecule has 9 heteroatoms. The van der Waals surface area contributed by atoms with Gasteiger partial charge in [-0.15, -0.1) is 0 Å². The molecule has 0 spiro atoms. The SMILES string of the molecule is COc1cc(NS(=O)(=O)CCOc2ccc(F)cc2)cc(OC)c1OC. The van der Waals surface area contributed by atoms with Crippen molar-refractivity contribution in [1.82, 2.24) is 0 Å². The average Bonchev–Trinajstić information content (AvgIpc) is 2.62. The van der Waals surface area contributed by atoms with Gasteiger partial charge >= 0.3 is 0 Å². The zero-order valence-electron chi connectivity index (χ0n) is 14.6. The highest BCUT2D eigenvalue weighted by atomic mass is 32.2. The van der Waals surface area contributed by atoms with Crippen molar-refractivity contribution in [3.8, 4) is 23.0 Å². The first-order valence-corrected chi connectivity index (χ1v) is 9.22. The summed E-state index contributed by atoms with van der Waals surface area (Å²) in [7, 11) is 0.645. The summed E-state index contributed by atoms with van der Waals surface area (Å²) in [6, 6.07) is 8.29. The number of halogens is 1. The molecule has 0 aliphatic rings. The molecule has 0 radical (unpaired) electrons. The lowest BCUT2D eigenvalue weighted by atomic mass is 10.2. The predicted octanol–water partition coefficient (Wildman–Crippen LogP) is 2.67. The molecule has 0 saturated heterocycles. The van der Waals surface area contributed by atoms with Gasteiger partial charge in [-0.3, -0.25) is 4.72 Å². The molecule has 1 N–H and O–H groups in total. The number of hydrogen-bond acceptors (Lipinski definition) is 6. The number of benzene rings is 2. The highest BCUT2D eigenvalue weighted by Gasteiger charge is 2.17. The molecule has 0 bridgehead atoms. The van der Waals surface area contributed by atoms with E-state index in [4.69, 9.17) is 18.9 Å². The van der Waals surface area contributed by atoms with Gasteiger partial charge in [0.15, 0.2) is 11.5 Å². The highest BCUT2D eigenvalue weighted by Crippen LogP contribution is 2.40. The van der Waals surface area contributed by atoms with Crippen LogP contribution < -0.4 is 23.7 Å². The van der Waals surface area contributed by atoms with Crippen molar-refractivity contribution >= 4 is 15.7 Å². The monoisotopic (exact) mass is 385 g/mol. The van der Waals surface area contributed by atoms with Gasteiger partial charge in [0.05, 0.1) is 27.0 Å². The van der Waals surface area contributed by atoms with Crippen LogP contribution in [-0.4, -0.2) is 42.1 Å². The van der Waals surface area contributed by atoms with Gasteiger partial charge in [0.25, 0.3) is 0 Å². The van der Waals surface area contributed by atoms with Gasteiger partial charge in [0.1, 0.15) is 23.9 Å². The molecule has 0 aliphatic heterocycles. The molecule has 0 aromatic heterocycles. The normalized spacial score (nSPS) is 10.9. The Balaban J connectivity index is 2.05. The summed E-state index contributed by atoms with van der Waals surface area (Å²) < 4.78 is 60.6. The average molecular weight is 385 g/mol. The molecule has 2 aromatic carbocycles. The second-order valence-corrected chi connectivity index (χ2v) is 6.98. The predicted molar refractivity (Wildman–Crippen MR) is 95.4 cm³/mol. The molecule has 2 rings (SSSR count). The Morgan fingerprint density at radius 3 is 2.04 bits per heavy atom. The second kappa shape index (κ2) is 8.61. The smallest absolute Gasteiger partial charge is 0.236 e. The lowest BCUT2D eigenvalue weighted by Crippen LogP contribution is -2.21. The number of rotatable bonds is 9. The van der Waals surface area contributed by atoms with Crippen molar-refractivity contribution < 1.29 is 31.8 Å². The van der Waals surface area contributed by atoms with Gasteiger partial charge < -0.3 is 18.9 Å². The van der Waals surface area contributed by atoms with Crippen molar-refractivity contribution in [1.29, 1.82) is 0 Å². The van der Waals surface area contributed by atoms with E-state index in [9.17, 15) is 12.8 Å². The van der Waals surface area contributed by atoms with E-state index < -0.39 is 15.8 Å². The van der Waals surface area contributed by atoms with E-state index in [0.717, 1.165) is 0 Å². The van der Waals surface area contributed by atoms with E-state index in [2.05, 4.69) is 4.72 Å². The molecule has 142 valence electrons. The Morgan fingerprint density at radius 2 is 1.54 bits per heavy atom. The van der Waals surface area contributed by atoms with Crippen molar-refractivity contribution in [3.63, 3.8) is 0 Å². The molecule has 0 saturated carbocycles. The van der Waals surface area contributed by atoms with Crippen molar-refractivity contribution in [2.45, 2.75) is 0 Å². The van der Waals surface area contributed by atoms with Crippen LogP contribution in [0.2, 0.25) is 0 Å². The Bertz CT molecular complexity index is 814. The van der Waals surface area contributed by atoms with Crippen molar-refractivity contribution in [2.75, 3.05) is 38.4 Å². The van der Waals surface area contributed by atoms with Gasteiger partial charge in [-0.2, -0.15) is 0 Å². The summed E-state index contributed by atoms with van der Waals surface area (Å²) in [5.74, 6) is 0.710. The number of methoxy groups -OCH3 is 3. The molecular weight excluding hydrogens is 365 g/mol. The molecular formula is C17H20FNO6S. The van der Waals surface area contributed by atoms with Crippen molar-refractivity contribution in [3.05, 3.63) is 42.2 Å². The molecule has 0 heterocycles. The number of sulfonamides is 1. The topological polar surface area (TPSA) is 83.1 Å². The molecule has 0 unspecified atom stereocenters. The largest absolute Gasteiger partial charge is 0.493 e. The number of anilines is 1. The van der Waals surface area contributed by atoms with Crippen LogP contribution in [0.15, 0.2) is 36.4 Å². The number of hydrogen-bond donors (Lipinski definition) is 1. The van der Waals surface area contributed by atoms with Crippen LogP contribution in [0.25, 0.3) is 0 Å². The van der Waals surface area contributed by atoms with Gasteiger partial charge in [-0.05, 0) is 24.3 Å². The summed E-state index contributed by atoms with van der Waals surface area (Å²) in [6.07, 6.45) is 0. The van der Waals surface area contributed by atoms with E-state index in [0.29, 0.717) is 23.0 Å². The van der Waals surface area contributed by atoms with E-state index >= 15 is 0 Å². The lowest BCUT2D eigenvalue weighted by molar-refractivity contribution is 0.324. The summed E-state index contributed by atoms with van der Waals surface area (Å²) >= 11 is 0. The van der Waals surface area contributed by atoms with E-state index in [1.54, 1.807) is 0 Å². The molecule has 0 fully saturated rings. The third-order valence-corrected chi connectivity index (χ3v) is 4.62. The van der Waals surface area contributed by atoms with Gasteiger partial charge in [0.2, 0.25) is 15.8 Å². The number of ether oxygens (including phenoxy) is 4. The summed E-state index contributed by atoms with van der Waals surface area (Å²) in [5.41, 5.74) is 0.265. The van der Waals surface area contributed by atoms with Gasteiger partial charge in [-0.25, -0.2) is 12.8 Å². The maximum Gasteiger partial charge on any atom is 0.236 e. The first kappa shape index (κ1) is 19.6. The third-order valence-electron chi connectivity index (χ3n) is 3.37. The standard InChI is InChI=1S/C17H20FNO6S/c1-22-15-10-13(11-16(23-2)17(15)24-3)19-26(20,21)9-8-25-14-6-4-12(18)5-7-14/h4-7,10-11,19H,8-9H2,1-3H3. The van der Waals surface area contributed by atoms with Crippen LogP contribution in [-0.2, 0) is 10.0 Å². The minimum atomic E-state index is -3.68. The van der Waals surface area contributed by atoms with E-state index in [-0.39, 0.29) is 18.0 Å². The number of nitrogens with one attached hydrogen (secondary N) is 1. The molecule has 0 atom stereocenters. The van der Waals surface area contributed by atoms with Crippen LogP contribution in [0.3, 0.4) is 0 Å². The Labute approximate surface area is 151 Å². The van der Waals surface area contributed by atoms with Crippen LogP contribution in [0.5, 0.6) is 23.0 Å². The fraction of sp³-hybridized carbons (Fsp3) is 0.294. The quantitative estimate of drug-likeness (QED) is 0.715. The Morgan fingerprint density at radius 1 is 0.962 bits per heavy atom. The third kappa shape index (κ3) is 5.16. The zero-order chi connectivity index (χ0) is 19.2. The minimum Gasteiger partial charge on any atom is -0.493 e. The maximum atomic E-state index is 12.8. The van der Waals surface area contributed by atoms with Crippen LogP contribution in [0, 0.1) is 5.82 Å². The maximum absolute atomic E-state index is 12.8. The fourth-order valence-corrected chi connectivity index (χ4v) is 3.05. The molecule has 7 nitrogen and oxygen atoms in total. The molecule has 0 amide bonds. The molecule has 2 aromatic rings. The molecule has 26 heavy (non-hydrogen) atoms. The fourth-order valence-electron chi connectivity index (χ4n) is 2.17. The minimum absolute atomic E-state index is 0.0919. The Kier molecular flexibility index (Phi) is 6.51. The summed E-state index contributed by atoms with van der Waals surface area (Å²) in [4.78, 5) is 0. The van der Waals surface area contributed by atoms with Crippen LogP contribution >= 0.6 is 0 Å². The molecule has 0 aliphatic carbocycles. The summed E-state index contributed by atoms with van der Waals surface area (Å²) in [5, 5.41) is 0. The summed E-state index contributed by atoms with van der Waals surface area (Å²) in [6.45, 7) is -0.0919. The van der Waals surface area contributed by atoms with Gasteiger partial charge in [0, 0.05) is 12.1 Å². The highest BCUT2D eigenvalue weighted by molar-refractivity contribution is 7.92. The van der Waals surface area contributed by atoms with Crippen LogP contribution in [0.4, 0.5) is 10.1 Å².